The number of benzene rings is 11. The van der Waals surface area contributed by atoms with E-state index in [1.54, 1.807) is 116 Å². The van der Waals surface area contributed by atoms with Crippen LogP contribution < -0.4 is 20.4 Å². The highest BCUT2D eigenvalue weighted by atomic mass is 35.5. The number of imidazole rings is 1. The van der Waals surface area contributed by atoms with E-state index in [2.05, 4.69) is 74.3 Å². The van der Waals surface area contributed by atoms with Gasteiger partial charge < -0.3 is 0 Å². The Balaban J connectivity index is 0.000000118. The fraction of sp³-hybridized carbons (Fsp3) is 0.102. The quantitative estimate of drug-likeness (QED) is 0.129. The molecule has 119 heavy (non-hydrogen) atoms. The first kappa shape index (κ1) is 78.0. The third kappa shape index (κ3) is 15.2. The standard InChI is InChI=1S/C26H18ClN3O.C25H16ClN3O.C24H14ClN3O.C23H19N5O/c1-15-3-4-17(13-28)11-24(15)30-25-21-12-19(18-5-8-20(27)9-6-18)7-10-23(21)29-14-22(25)16(2)26(30)31;1-15-2-3-16(13-27)10-23(15)29-24(30)12-19-14-28-22-9-6-18(11-21(22)25(19)29)17-4-7-20(26)8-5-17;25-19-7-4-16(5-8-19)17-6-9-22-21(11-17)24-18(14-27-22)12-23(29)28(24)20-3-1-2-15(10-20)13-26;1-26(2)11-5-7-16-9-10-20-19(13-16)22-21(15-25-20)27(3)23(29)28(22)18-8-4-6-17(12-18)14-24/h3-12,14,16H,1-2H3;2-11,14H,12H2,1H3;1-11,14H,12H2;4,6,8-10,12-13,15H,11H2,1-3H3. The van der Waals surface area contributed by atoms with Crippen LogP contribution in [0.5, 0.6) is 0 Å². The molecule has 0 saturated heterocycles. The van der Waals surface area contributed by atoms with Gasteiger partial charge in [-0.25, -0.2) is 4.79 Å². The molecule has 3 aliphatic rings. The normalized spacial score (nSPS) is 13.0. The number of pyridine rings is 4. The zero-order valence-corrected chi connectivity index (χ0v) is 67.2. The molecule has 0 fully saturated rings. The molecule has 16 aromatic rings. The van der Waals surface area contributed by atoms with E-state index in [0.29, 0.717) is 68.1 Å². The minimum absolute atomic E-state index is 0.0145. The number of nitrogens with zero attached hydrogens (tertiary/aromatic N) is 14. The monoisotopic (exact) mass is 1610 g/mol. The van der Waals surface area contributed by atoms with E-state index in [4.69, 9.17) is 34.8 Å². The summed E-state index contributed by atoms with van der Waals surface area (Å²) in [6.45, 7) is 6.47. The topological polar surface area (TPSA) is 238 Å². The maximum atomic E-state index is 13.4. The number of hydrogen-bond donors (Lipinski definition) is 0. The fourth-order valence-electron chi connectivity index (χ4n) is 15.3. The molecule has 5 aromatic heterocycles. The molecule has 0 saturated carbocycles. The predicted molar refractivity (Wildman–Crippen MR) is 471 cm³/mol. The maximum absolute atomic E-state index is 13.4. The van der Waals surface area contributed by atoms with Crippen molar-refractivity contribution >= 4 is 141 Å². The van der Waals surface area contributed by atoms with Crippen LogP contribution in [0.15, 0.2) is 260 Å². The second-order valence-electron chi connectivity index (χ2n) is 29.2. The van der Waals surface area contributed by atoms with Crippen molar-refractivity contribution in [2.24, 2.45) is 7.05 Å². The lowest BCUT2D eigenvalue weighted by Gasteiger charge is -2.22. The van der Waals surface area contributed by atoms with Crippen LogP contribution in [-0.2, 0) is 34.3 Å². The molecule has 0 radical (unpaired) electrons. The lowest BCUT2D eigenvalue weighted by atomic mass is 9.99. The first-order valence-corrected chi connectivity index (χ1v) is 39.0. The molecule has 1 atom stereocenters. The summed E-state index contributed by atoms with van der Waals surface area (Å²) in [5, 5.41) is 42.9. The minimum atomic E-state index is -0.309. The highest BCUT2D eigenvalue weighted by Crippen LogP contribution is 2.49. The van der Waals surface area contributed by atoms with E-state index in [0.717, 1.165) is 150 Å². The molecule has 18 nitrogen and oxygen atoms in total. The number of amides is 3. The van der Waals surface area contributed by atoms with Crippen molar-refractivity contribution in [1.82, 2.24) is 34.0 Å². The largest absolute Gasteiger partial charge is 0.333 e. The first-order valence-electron chi connectivity index (χ1n) is 37.9. The van der Waals surface area contributed by atoms with Crippen LogP contribution in [0.2, 0.25) is 15.1 Å². The number of anilines is 6. The Kier molecular flexibility index (Phi) is 21.5. The summed E-state index contributed by atoms with van der Waals surface area (Å²) in [6.07, 6.45) is 7.64. The summed E-state index contributed by atoms with van der Waals surface area (Å²) >= 11 is 18.1. The Morgan fingerprint density at radius 3 is 1.34 bits per heavy atom. The summed E-state index contributed by atoms with van der Waals surface area (Å²) in [6, 6.07) is 80.7. The molecule has 0 aliphatic carbocycles. The molecule has 21 heteroatoms. The fourth-order valence-corrected chi connectivity index (χ4v) is 15.7. The molecular weight excluding hydrogens is 1540 g/mol. The number of rotatable bonds is 8. The average Bonchev–Trinajstić information content (AvgIpc) is 1.60. The number of aromatic nitrogens is 6. The summed E-state index contributed by atoms with van der Waals surface area (Å²) in [5.74, 6) is 5.94. The van der Waals surface area contributed by atoms with Crippen LogP contribution in [0.3, 0.4) is 0 Å². The van der Waals surface area contributed by atoms with Gasteiger partial charge >= 0.3 is 5.69 Å². The summed E-state index contributed by atoms with van der Waals surface area (Å²) in [5.41, 5.74) is 23.5. The predicted octanol–water partition coefficient (Wildman–Crippen LogP) is 20.8. The van der Waals surface area contributed by atoms with Crippen molar-refractivity contribution in [3.8, 4) is 75.2 Å². The Morgan fingerprint density at radius 1 is 0.429 bits per heavy atom. The second-order valence-corrected chi connectivity index (χ2v) is 30.6. The van der Waals surface area contributed by atoms with Crippen LogP contribution >= 0.6 is 34.8 Å². The van der Waals surface area contributed by atoms with Crippen molar-refractivity contribution < 1.29 is 14.4 Å². The number of hydrogen-bond acceptors (Lipinski definition) is 13. The van der Waals surface area contributed by atoms with E-state index in [1.807, 2.05) is 191 Å². The Bertz CT molecular complexity index is 7220. The molecule has 3 amide bonds. The van der Waals surface area contributed by atoms with Gasteiger partial charge in [0, 0.05) is 84.5 Å². The molecule has 0 bridgehead atoms. The van der Waals surface area contributed by atoms with E-state index < -0.39 is 0 Å². The van der Waals surface area contributed by atoms with Crippen molar-refractivity contribution in [1.29, 1.82) is 21.0 Å². The van der Waals surface area contributed by atoms with Crippen molar-refractivity contribution in [2.45, 2.75) is 39.5 Å². The lowest BCUT2D eigenvalue weighted by Crippen LogP contribution is -2.23. The van der Waals surface area contributed by atoms with Gasteiger partial charge in [-0.2, -0.15) is 21.0 Å². The summed E-state index contributed by atoms with van der Waals surface area (Å²) < 4.78 is 3.21. The van der Waals surface area contributed by atoms with Gasteiger partial charge in [0.2, 0.25) is 17.7 Å². The molecule has 0 N–H and O–H groups in total. The van der Waals surface area contributed by atoms with Crippen LogP contribution in [0.25, 0.3) is 93.7 Å². The zero-order chi connectivity index (χ0) is 83.0. The number of halogens is 3. The van der Waals surface area contributed by atoms with Gasteiger partial charge in [0.05, 0.1) is 151 Å². The molecule has 11 aromatic carbocycles. The van der Waals surface area contributed by atoms with Gasteiger partial charge in [0.25, 0.3) is 0 Å². The smallest absolute Gasteiger partial charge is 0.299 e. The summed E-state index contributed by atoms with van der Waals surface area (Å²) in [7, 11) is 5.67. The third-order valence-electron chi connectivity index (χ3n) is 21.3. The Hall–Kier alpha value is -14.9. The van der Waals surface area contributed by atoms with E-state index in [9.17, 15) is 40.2 Å². The van der Waals surface area contributed by atoms with Crippen LogP contribution in [0, 0.1) is 71.0 Å². The van der Waals surface area contributed by atoms with E-state index >= 15 is 0 Å². The first-order chi connectivity index (χ1) is 57.6. The average molecular weight is 1610 g/mol. The molecule has 1 unspecified atom stereocenters. The number of fused-ring (bicyclic) bond motifs is 12. The van der Waals surface area contributed by atoms with Gasteiger partial charge in [-0.3, -0.25) is 63.1 Å². The molecule has 0 spiro atoms. The van der Waals surface area contributed by atoms with Crippen LogP contribution in [0.4, 0.5) is 34.1 Å². The molecular formula is C98H67Cl3N14O4. The number of aryl methyl sites for hydroxylation is 3. The van der Waals surface area contributed by atoms with E-state index in [1.165, 1.54) is 0 Å². The van der Waals surface area contributed by atoms with Crippen molar-refractivity contribution in [3.05, 3.63) is 336 Å². The minimum Gasteiger partial charge on any atom is -0.299 e. The Labute approximate surface area is 699 Å². The summed E-state index contributed by atoms with van der Waals surface area (Å²) in [4.78, 5) is 77.7. The number of carbonyl (C=O) groups is 3. The highest BCUT2D eigenvalue weighted by Gasteiger charge is 2.39. The maximum Gasteiger partial charge on any atom is 0.333 e. The SMILES string of the molecule is CN(C)CC#Cc1ccc2ncc3c(c2c1)n(-c1cccc(C#N)c1)c(=O)n3C.Cc1ccc(C#N)cc1N1C(=O)C(C)c2cnc3ccc(-c4ccc(Cl)cc4)cc3c21.Cc1ccc(C#N)cc1N1C(=O)Cc2cnc3ccc(-c4ccc(Cl)cc4)cc3c21.N#Cc1cccc(N2C(=O)Cc3cnc4ccc(-c5ccc(Cl)cc5)cc4c32)c1. The molecule has 8 heterocycles. The van der Waals surface area contributed by atoms with Crippen LogP contribution in [0.1, 0.15) is 68.5 Å². The number of carbonyl (C=O) groups excluding carboxylic acids is 3. The molecule has 3 aliphatic heterocycles. The van der Waals surface area contributed by atoms with E-state index in [-0.39, 0.29) is 29.3 Å². The van der Waals surface area contributed by atoms with Gasteiger partial charge in [0.15, 0.2) is 0 Å². The Morgan fingerprint density at radius 2 is 0.840 bits per heavy atom. The van der Waals surface area contributed by atoms with Gasteiger partial charge in [0.1, 0.15) is 0 Å². The molecule has 574 valence electrons. The highest BCUT2D eigenvalue weighted by molar-refractivity contribution is 6.31. The van der Waals surface area contributed by atoms with Crippen LogP contribution in [-0.4, -0.2) is 72.3 Å². The van der Waals surface area contributed by atoms with Gasteiger partial charge in [-0.05, 0) is 231 Å². The van der Waals surface area contributed by atoms with Crippen molar-refractivity contribution in [2.75, 3.05) is 35.3 Å². The lowest BCUT2D eigenvalue weighted by molar-refractivity contribution is -0.118. The molecule has 19 rings (SSSR count). The van der Waals surface area contributed by atoms with Gasteiger partial charge in [-0.1, -0.05) is 126 Å². The van der Waals surface area contributed by atoms with Crippen molar-refractivity contribution in [3.63, 3.8) is 0 Å². The second kappa shape index (κ2) is 32.8. The number of nitriles is 4. The van der Waals surface area contributed by atoms with Gasteiger partial charge in [-0.15, -0.1) is 0 Å². The third-order valence-corrected chi connectivity index (χ3v) is 22.0. The zero-order valence-electron chi connectivity index (χ0n) is 65.0.